The quantitative estimate of drug-likeness (QED) is 0.636. The molecule has 15 heavy (non-hydrogen) atoms. The van der Waals surface area contributed by atoms with Gasteiger partial charge in [0, 0.05) is 0 Å². The Balaban J connectivity index is 2.40. The van der Waals surface area contributed by atoms with Crippen LogP contribution >= 0.6 is 34.9 Å². The second-order valence-corrected chi connectivity index (χ2v) is 5.73. The smallest absolute Gasteiger partial charge is 0.227 e. The van der Waals surface area contributed by atoms with E-state index in [1.165, 1.54) is 23.1 Å². The van der Waals surface area contributed by atoms with Crippen molar-refractivity contribution < 1.29 is 4.79 Å². The van der Waals surface area contributed by atoms with E-state index in [4.69, 9.17) is 5.73 Å². The summed E-state index contributed by atoms with van der Waals surface area (Å²) in [6, 6.07) is 0. The lowest BCUT2D eigenvalue weighted by molar-refractivity contribution is -0.115. The van der Waals surface area contributed by atoms with Crippen molar-refractivity contribution in [1.82, 2.24) is 10.2 Å². The molecule has 0 aliphatic heterocycles. The van der Waals surface area contributed by atoms with Crippen LogP contribution in [0.5, 0.6) is 0 Å². The summed E-state index contributed by atoms with van der Waals surface area (Å²) in [4.78, 5) is 10.5. The molecule has 0 aromatic carbocycles. The third kappa shape index (κ3) is 5.06. The normalized spacial score (nSPS) is 9.40. The molecule has 0 atom stereocenters. The molecule has 1 amide bonds. The molecular weight excluding hydrogens is 250 g/mol. The van der Waals surface area contributed by atoms with Crippen molar-refractivity contribution in [3.8, 4) is 11.8 Å². The maximum Gasteiger partial charge on any atom is 0.227 e. The Morgan fingerprint density at radius 3 is 2.73 bits per heavy atom. The highest BCUT2D eigenvalue weighted by Crippen LogP contribution is 2.28. The number of rotatable bonds is 5. The van der Waals surface area contributed by atoms with Crippen LogP contribution in [0.15, 0.2) is 8.68 Å². The van der Waals surface area contributed by atoms with E-state index >= 15 is 0 Å². The molecule has 0 fully saturated rings. The number of hydrogen-bond acceptors (Lipinski definition) is 6. The molecular formula is C8H9N3OS3. The summed E-state index contributed by atoms with van der Waals surface area (Å²) >= 11 is 4.30. The van der Waals surface area contributed by atoms with Crippen molar-refractivity contribution in [2.45, 2.75) is 15.6 Å². The van der Waals surface area contributed by atoms with E-state index in [0.29, 0.717) is 5.75 Å². The van der Waals surface area contributed by atoms with Crippen LogP contribution in [0, 0.1) is 11.8 Å². The SMILES string of the molecule is CC#CCSc1nnc(SCC(N)=O)s1. The van der Waals surface area contributed by atoms with Crippen LogP contribution in [0.3, 0.4) is 0 Å². The van der Waals surface area contributed by atoms with Gasteiger partial charge in [0.1, 0.15) is 0 Å². The van der Waals surface area contributed by atoms with Gasteiger partial charge < -0.3 is 5.73 Å². The molecule has 1 rings (SSSR count). The average molecular weight is 259 g/mol. The third-order valence-electron chi connectivity index (χ3n) is 1.17. The van der Waals surface area contributed by atoms with Gasteiger partial charge in [-0.3, -0.25) is 4.79 Å². The lowest BCUT2D eigenvalue weighted by atomic mass is 10.7. The topological polar surface area (TPSA) is 68.9 Å². The molecule has 7 heteroatoms. The van der Waals surface area contributed by atoms with E-state index in [-0.39, 0.29) is 11.7 Å². The summed E-state index contributed by atoms with van der Waals surface area (Å²) in [5.41, 5.74) is 5.02. The van der Waals surface area contributed by atoms with Gasteiger partial charge in [-0.1, -0.05) is 40.8 Å². The molecule has 4 nitrogen and oxygen atoms in total. The minimum absolute atomic E-state index is 0.244. The van der Waals surface area contributed by atoms with Crippen molar-refractivity contribution in [3.05, 3.63) is 0 Å². The molecule has 0 saturated carbocycles. The van der Waals surface area contributed by atoms with Crippen LogP contribution in [0.2, 0.25) is 0 Å². The van der Waals surface area contributed by atoms with Crippen molar-refractivity contribution in [3.63, 3.8) is 0 Å². The Kier molecular flexibility index (Phi) is 5.53. The number of amides is 1. The molecule has 1 aromatic rings. The molecule has 0 bridgehead atoms. The van der Waals surface area contributed by atoms with Crippen molar-refractivity contribution in [2.75, 3.05) is 11.5 Å². The summed E-state index contributed by atoms with van der Waals surface area (Å²) in [6.45, 7) is 1.80. The minimum Gasteiger partial charge on any atom is -0.369 e. The monoisotopic (exact) mass is 259 g/mol. The first kappa shape index (κ1) is 12.4. The van der Waals surface area contributed by atoms with Gasteiger partial charge in [0.25, 0.3) is 0 Å². The van der Waals surface area contributed by atoms with Crippen molar-refractivity contribution in [1.29, 1.82) is 0 Å². The van der Waals surface area contributed by atoms with E-state index in [0.717, 1.165) is 8.68 Å². The van der Waals surface area contributed by atoms with E-state index in [1.54, 1.807) is 18.7 Å². The van der Waals surface area contributed by atoms with E-state index in [1.807, 2.05) is 0 Å². The second-order valence-electron chi connectivity index (χ2n) is 2.30. The predicted octanol–water partition coefficient (Wildman–Crippen LogP) is 1.23. The molecule has 0 aliphatic rings. The van der Waals surface area contributed by atoms with Crippen LogP contribution in [0.25, 0.3) is 0 Å². The number of nitrogens with zero attached hydrogens (tertiary/aromatic N) is 2. The standard InChI is InChI=1S/C8H9N3OS3/c1-2-3-4-13-7-10-11-8(15-7)14-5-6(9)12/h4-5H2,1H3,(H2,9,12). The number of aromatic nitrogens is 2. The predicted molar refractivity (Wildman–Crippen MR) is 64.0 cm³/mol. The fourth-order valence-corrected chi connectivity index (χ4v) is 3.19. The van der Waals surface area contributed by atoms with Gasteiger partial charge in [0.2, 0.25) is 5.91 Å². The maximum atomic E-state index is 10.5. The molecule has 0 unspecified atom stereocenters. The number of carbonyl (C=O) groups excluding carboxylic acids is 1. The van der Waals surface area contributed by atoms with E-state index in [2.05, 4.69) is 22.0 Å². The number of thioether (sulfide) groups is 2. The number of carbonyl (C=O) groups is 1. The summed E-state index contributed by atoms with van der Waals surface area (Å²) in [5.74, 6) is 6.34. The Labute approximate surface area is 100 Å². The summed E-state index contributed by atoms with van der Waals surface area (Å²) in [6.07, 6.45) is 0. The van der Waals surface area contributed by atoms with Gasteiger partial charge in [-0.2, -0.15) is 0 Å². The zero-order valence-corrected chi connectivity index (χ0v) is 10.5. The third-order valence-corrected chi connectivity index (χ3v) is 4.26. The summed E-state index contributed by atoms with van der Waals surface area (Å²) in [7, 11) is 0. The van der Waals surface area contributed by atoms with Crippen molar-refractivity contribution >= 4 is 40.8 Å². The van der Waals surface area contributed by atoms with Gasteiger partial charge in [0.15, 0.2) is 8.68 Å². The summed E-state index contributed by atoms with van der Waals surface area (Å²) < 4.78 is 1.63. The molecule has 2 N–H and O–H groups in total. The van der Waals surface area contributed by atoms with Crippen molar-refractivity contribution in [2.24, 2.45) is 5.73 Å². The largest absolute Gasteiger partial charge is 0.369 e. The highest BCUT2D eigenvalue weighted by Gasteiger charge is 2.05. The van der Waals surface area contributed by atoms with Gasteiger partial charge >= 0.3 is 0 Å². The first-order chi connectivity index (χ1) is 7.22. The molecule has 0 aliphatic carbocycles. The number of hydrogen-bond donors (Lipinski definition) is 1. The number of primary amides is 1. The summed E-state index contributed by atoms with van der Waals surface area (Å²) in [5, 5.41) is 7.88. The highest BCUT2D eigenvalue weighted by atomic mass is 32.2. The molecule has 0 saturated heterocycles. The van der Waals surface area contributed by atoms with Crippen LogP contribution in [-0.2, 0) is 4.79 Å². The van der Waals surface area contributed by atoms with E-state index in [9.17, 15) is 4.79 Å². The van der Waals surface area contributed by atoms with Crippen LogP contribution in [0.4, 0.5) is 0 Å². The lowest BCUT2D eigenvalue weighted by Crippen LogP contribution is -2.12. The zero-order valence-electron chi connectivity index (χ0n) is 8.02. The highest BCUT2D eigenvalue weighted by molar-refractivity contribution is 8.03. The van der Waals surface area contributed by atoms with Crippen LogP contribution in [-0.4, -0.2) is 27.6 Å². The van der Waals surface area contributed by atoms with E-state index < -0.39 is 0 Å². The Morgan fingerprint density at radius 1 is 1.47 bits per heavy atom. The first-order valence-electron chi connectivity index (χ1n) is 3.99. The van der Waals surface area contributed by atoms with Gasteiger partial charge in [-0.05, 0) is 6.92 Å². The Hall–Kier alpha value is -0.710. The van der Waals surface area contributed by atoms with Gasteiger partial charge in [0.05, 0.1) is 11.5 Å². The molecule has 1 heterocycles. The van der Waals surface area contributed by atoms with Gasteiger partial charge in [-0.25, -0.2) is 0 Å². The Morgan fingerprint density at radius 2 is 2.13 bits per heavy atom. The molecule has 0 radical (unpaired) electrons. The fraction of sp³-hybridized carbons (Fsp3) is 0.375. The molecule has 0 spiro atoms. The fourth-order valence-electron chi connectivity index (χ4n) is 0.617. The zero-order chi connectivity index (χ0) is 11.1. The maximum absolute atomic E-state index is 10.5. The molecule has 1 aromatic heterocycles. The Bertz CT molecular complexity index is 393. The average Bonchev–Trinajstić information content (AvgIpc) is 2.63. The first-order valence-corrected chi connectivity index (χ1v) is 6.78. The number of nitrogens with two attached hydrogens (primary N) is 1. The molecule has 80 valence electrons. The lowest BCUT2D eigenvalue weighted by Gasteiger charge is -1.89. The van der Waals surface area contributed by atoms with Crippen LogP contribution in [0.1, 0.15) is 6.92 Å². The van der Waals surface area contributed by atoms with Crippen LogP contribution < -0.4 is 5.73 Å². The minimum atomic E-state index is -0.346. The second kappa shape index (κ2) is 6.71. The van der Waals surface area contributed by atoms with Gasteiger partial charge in [-0.15, -0.1) is 16.1 Å².